The van der Waals surface area contributed by atoms with E-state index >= 15 is 0 Å². The molecule has 0 unspecified atom stereocenters. The molecular weight excluding hydrogens is 238 g/mol. The zero-order valence-electron chi connectivity index (χ0n) is 10.9. The summed E-state index contributed by atoms with van der Waals surface area (Å²) in [5, 5.41) is 4.42. The van der Waals surface area contributed by atoms with Crippen LogP contribution in [0.4, 0.5) is 11.4 Å². The van der Waals surface area contributed by atoms with E-state index in [1.165, 1.54) is 12.8 Å². The molecule has 1 aromatic carbocycles. The van der Waals surface area contributed by atoms with Crippen LogP contribution in [0, 0.1) is 5.92 Å². The van der Waals surface area contributed by atoms with E-state index < -0.39 is 0 Å². The number of hydrogen-bond acceptors (Lipinski definition) is 4. The Hall–Kier alpha value is -1.81. The van der Waals surface area contributed by atoms with Gasteiger partial charge in [0.1, 0.15) is 0 Å². The number of ether oxygens (including phenoxy) is 1. The highest BCUT2D eigenvalue weighted by Gasteiger charge is 2.20. The summed E-state index contributed by atoms with van der Waals surface area (Å²) in [4.78, 5) is 4.32. The molecule has 2 aromatic rings. The normalized spacial score (nSPS) is 14.7. The van der Waals surface area contributed by atoms with Gasteiger partial charge in [0.05, 0.1) is 29.7 Å². The molecule has 4 heteroatoms. The van der Waals surface area contributed by atoms with Crippen molar-refractivity contribution in [1.29, 1.82) is 0 Å². The second-order valence-corrected chi connectivity index (χ2v) is 5.05. The van der Waals surface area contributed by atoms with Gasteiger partial charge in [-0.05, 0) is 24.8 Å². The van der Waals surface area contributed by atoms with Crippen LogP contribution in [-0.2, 0) is 4.74 Å². The van der Waals surface area contributed by atoms with Crippen LogP contribution in [-0.4, -0.2) is 24.7 Å². The fourth-order valence-corrected chi connectivity index (χ4v) is 2.14. The molecule has 0 atom stereocenters. The van der Waals surface area contributed by atoms with Crippen molar-refractivity contribution < 1.29 is 4.74 Å². The van der Waals surface area contributed by atoms with Crippen molar-refractivity contribution in [3.63, 3.8) is 0 Å². The van der Waals surface area contributed by atoms with E-state index in [0.717, 1.165) is 35.7 Å². The highest BCUT2D eigenvalue weighted by atomic mass is 16.5. The van der Waals surface area contributed by atoms with Crippen LogP contribution in [0.2, 0.25) is 0 Å². The van der Waals surface area contributed by atoms with Crippen LogP contribution in [0.5, 0.6) is 0 Å². The van der Waals surface area contributed by atoms with Gasteiger partial charge < -0.3 is 15.8 Å². The van der Waals surface area contributed by atoms with Crippen molar-refractivity contribution >= 4 is 22.3 Å². The van der Waals surface area contributed by atoms with Crippen molar-refractivity contribution in [1.82, 2.24) is 4.98 Å². The van der Waals surface area contributed by atoms with E-state index in [2.05, 4.69) is 10.3 Å². The topological polar surface area (TPSA) is 60.2 Å². The van der Waals surface area contributed by atoms with Crippen molar-refractivity contribution in [2.24, 2.45) is 5.92 Å². The highest BCUT2D eigenvalue weighted by molar-refractivity contribution is 5.96. The summed E-state index contributed by atoms with van der Waals surface area (Å²) in [5.41, 5.74) is 8.59. The van der Waals surface area contributed by atoms with Crippen LogP contribution in [0.1, 0.15) is 12.8 Å². The zero-order chi connectivity index (χ0) is 13.1. The molecular formula is C15H19N3O. The maximum atomic E-state index is 5.99. The molecule has 0 saturated heterocycles. The van der Waals surface area contributed by atoms with E-state index in [9.17, 15) is 0 Å². The monoisotopic (exact) mass is 257 g/mol. The van der Waals surface area contributed by atoms with Crippen LogP contribution >= 0.6 is 0 Å². The minimum atomic E-state index is 0.681. The second kappa shape index (κ2) is 5.45. The van der Waals surface area contributed by atoms with Crippen LogP contribution < -0.4 is 11.1 Å². The van der Waals surface area contributed by atoms with Gasteiger partial charge in [-0.25, -0.2) is 0 Å². The van der Waals surface area contributed by atoms with Crippen molar-refractivity contribution in [3.8, 4) is 0 Å². The van der Waals surface area contributed by atoms with Crippen LogP contribution in [0.3, 0.4) is 0 Å². The molecule has 1 aliphatic rings. The number of benzene rings is 1. The Morgan fingerprint density at radius 1 is 1.32 bits per heavy atom. The Morgan fingerprint density at radius 3 is 3.00 bits per heavy atom. The third kappa shape index (κ3) is 2.96. The molecule has 0 bridgehead atoms. The molecule has 0 amide bonds. The van der Waals surface area contributed by atoms with Gasteiger partial charge >= 0.3 is 0 Å². The number of nitrogen functional groups attached to an aromatic ring is 1. The Balaban J connectivity index is 1.63. The Morgan fingerprint density at radius 2 is 2.16 bits per heavy atom. The number of pyridine rings is 1. The number of para-hydroxylation sites is 1. The number of aromatic nitrogens is 1. The maximum Gasteiger partial charge on any atom is 0.0743 e. The summed E-state index contributed by atoms with van der Waals surface area (Å²) < 4.78 is 5.61. The molecule has 3 N–H and O–H groups in total. The Kier molecular flexibility index (Phi) is 3.51. The number of fused-ring (bicyclic) bond motifs is 1. The summed E-state index contributed by atoms with van der Waals surface area (Å²) in [7, 11) is 0. The first-order valence-corrected chi connectivity index (χ1v) is 6.79. The van der Waals surface area contributed by atoms with Gasteiger partial charge in [-0.15, -0.1) is 0 Å². The quantitative estimate of drug-likeness (QED) is 0.781. The fraction of sp³-hybridized carbons (Fsp3) is 0.400. The summed E-state index contributed by atoms with van der Waals surface area (Å²) in [6.07, 6.45) is 4.36. The van der Waals surface area contributed by atoms with Gasteiger partial charge in [0, 0.05) is 18.5 Å². The predicted molar refractivity (Wildman–Crippen MR) is 78.2 cm³/mol. The first-order valence-electron chi connectivity index (χ1n) is 6.79. The predicted octanol–water partition coefficient (Wildman–Crippen LogP) is 2.66. The van der Waals surface area contributed by atoms with Gasteiger partial charge in [0.15, 0.2) is 0 Å². The van der Waals surface area contributed by atoms with E-state index in [-0.39, 0.29) is 0 Å². The lowest BCUT2D eigenvalue weighted by atomic mass is 10.1. The minimum Gasteiger partial charge on any atom is -0.396 e. The Bertz CT molecular complexity index is 566. The lowest BCUT2D eigenvalue weighted by Gasteiger charge is -2.12. The fourth-order valence-electron chi connectivity index (χ4n) is 2.14. The highest BCUT2D eigenvalue weighted by Crippen LogP contribution is 2.29. The molecule has 1 heterocycles. The Labute approximate surface area is 113 Å². The smallest absolute Gasteiger partial charge is 0.0743 e. The second-order valence-electron chi connectivity index (χ2n) is 5.05. The lowest BCUT2D eigenvalue weighted by molar-refractivity contribution is 0.134. The molecule has 1 aliphatic carbocycles. The molecule has 19 heavy (non-hydrogen) atoms. The number of nitrogens with zero attached hydrogens (tertiary/aromatic N) is 1. The summed E-state index contributed by atoms with van der Waals surface area (Å²) in [6, 6.07) is 8.00. The van der Waals surface area contributed by atoms with Crippen LogP contribution in [0.25, 0.3) is 10.9 Å². The third-order valence-corrected chi connectivity index (χ3v) is 3.40. The molecule has 1 fully saturated rings. The summed E-state index contributed by atoms with van der Waals surface area (Å²) >= 11 is 0. The maximum absolute atomic E-state index is 5.99. The van der Waals surface area contributed by atoms with Gasteiger partial charge in [0.25, 0.3) is 0 Å². The minimum absolute atomic E-state index is 0.681. The molecule has 100 valence electrons. The third-order valence-electron chi connectivity index (χ3n) is 3.40. The first kappa shape index (κ1) is 12.2. The van der Waals surface area contributed by atoms with Gasteiger partial charge in [-0.1, -0.05) is 18.2 Å². The number of nitrogens with two attached hydrogens (primary N) is 1. The molecule has 0 radical (unpaired) electrons. The summed E-state index contributed by atoms with van der Waals surface area (Å²) in [6.45, 7) is 2.38. The largest absolute Gasteiger partial charge is 0.396 e. The number of anilines is 2. The average Bonchev–Trinajstić information content (AvgIpc) is 3.25. The molecule has 1 saturated carbocycles. The van der Waals surface area contributed by atoms with E-state index in [1.54, 1.807) is 6.20 Å². The molecule has 4 nitrogen and oxygen atoms in total. The van der Waals surface area contributed by atoms with Gasteiger partial charge in [-0.2, -0.15) is 0 Å². The molecule has 0 aliphatic heterocycles. The first-order chi connectivity index (χ1) is 9.34. The van der Waals surface area contributed by atoms with E-state index in [1.807, 2.05) is 24.3 Å². The number of rotatable bonds is 6. The van der Waals surface area contributed by atoms with Crippen LogP contribution in [0.15, 0.2) is 30.5 Å². The molecule has 1 aromatic heterocycles. The van der Waals surface area contributed by atoms with Crippen molar-refractivity contribution in [2.45, 2.75) is 12.8 Å². The lowest BCUT2D eigenvalue weighted by Crippen LogP contribution is -2.12. The standard InChI is InChI=1S/C15H19N3O/c16-13-9-18-14-4-2-1-3-12(14)15(13)17-7-8-19-10-11-5-6-11/h1-4,9,11H,5-8,10,16H2,(H,17,18). The van der Waals surface area contributed by atoms with E-state index in [0.29, 0.717) is 12.3 Å². The average molecular weight is 257 g/mol. The SMILES string of the molecule is Nc1cnc2ccccc2c1NCCOCC1CC1. The van der Waals surface area contributed by atoms with Gasteiger partial charge in [-0.3, -0.25) is 4.98 Å². The molecule has 0 spiro atoms. The van der Waals surface area contributed by atoms with Crippen molar-refractivity contribution in [2.75, 3.05) is 30.8 Å². The number of nitrogens with one attached hydrogen (secondary N) is 1. The summed E-state index contributed by atoms with van der Waals surface area (Å²) in [5.74, 6) is 0.812. The molecule has 3 rings (SSSR count). The van der Waals surface area contributed by atoms with Gasteiger partial charge in [0.2, 0.25) is 0 Å². The van der Waals surface area contributed by atoms with Crippen molar-refractivity contribution in [3.05, 3.63) is 30.5 Å². The number of hydrogen-bond donors (Lipinski definition) is 2. The van der Waals surface area contributed by atoms with E-state index in [4.69, 9.17) is 10.5 Å². The zero-order valence-corrected chi connectivity index (χ0v) is 10.9.